The predicted octanol–water partition coefficient (Wildman–Crippen LogP) is 8.77. The molecule has 2 nitrogen and oxygen atoms in total. The molecule has 4 aromatic carbocycles. The molecule has 0 aliphatic carbocycles. The van der Waals surface area contributed by atoms with Gasteiger partial charge < -0.3 is 0 Å². The fraction of sp³-hybridized carbons (Fsp3) is 0.167. The van der Waals surface area contributed by atoms with Gasteiger partial charge in [0.05, 0.1) is 17.8 Å². The molecule has 37 heavy (non-hydrogen) atoms. The first-order valence-corrected chi connectivity index (χ1v) is 12.1. The van der Waals surface area contributed by atoms with E-state index >= 15 is 0 Å². The maximum absolute atomic E-state index is 14.7. The Hall–Kier alpha value is -3.64. The predicted molar refractivity (Wildman–Crippen MR) is 139 cm³/mol. The van der Waals surface area contributed by atoms with E-state index in [9.17, 15) is 17.6 Å². The van der Waals surface area contributed by atoms with Crippen LogP contribution in [0.1, 0.15) is 33.4 Å². The first-order valence-electron chi connectivity index (χ1n) is 11.8. The van der Waals surface area contributed by atoms with Crippen molar-refractivity contribution < 1.29 is 17.6 Å². The number of benzene rings is 4. The number of alkyl halides is 3. The zero-order chi connectivity index (χ0) is 26.3. The number of hydrogen-bond donors (Lipinski definition) is 0. The van der Waals surface area contributed by atoms with Gasteiger partial charge in [0.2, 0.25) is 0 Å². The highest BCUT2D eigenvalue weighted by Gasteiger charge is 2.34. The summed E-state index contributed by atoms with van der Waals surface area (Å²) in [4.78, 5) is 0. The van der Waals surface area contributed by atoms with Crippen molar-refractivity contribution >= 4 is 22.5 Å². The molecule has 0 radical (unpaired) electrons. The second-order valence-electron chi connectivity index (χ2n) is 9.31. The van der Waals surface area contributed by atoms with Crippen LogP contribution in [0.5, 0.6) is 0 Å². The van der Waals surface area contributed by atoms with Gasteiger partial charge in [-0.1, -0.05) is 77.3 Å². The van der Waals surface area contributed by atoms with Crippen LogP contribution in [-0.2, 0) is 19.1 Å². The summed E-state index contributed by atoms with van der Waals surface area (Å²) >= 11 is 5.90. The summed E-state index contributed by atoms with van der Waals surface area (Å²) in [6.07, 6.45) is -3.91. The van der Waals surface area contributed by atoms with Crippen LogP contribution < -0.4 is 0 Å². The number of halogens is 5. The number of fused-ring (bicyclic) bond motifs is 1. The van der Waals surface area contributed by atoms with Crippen molar-refractivity contribution in [2.75, 3.05) is 0 Å². The lowest BCUT2D eigenvalue weighted by Crippen LogP contribution is -2.07. The van der Waals surface area contributed by atoms with E-state index in [0.717, 1.165) is 17.2 Å². The molecule has 0 saturated heterocycles. The third kappa shape index (κ3) is 5.25. The van der Waals surface area contributed by atoms with Gasteiger partial charge in [0.25, 0.3) is 0 Å². The zero-order valence-electron chi connectivity index (χ0n) is 20.2. The first kappa shape index (κ1) is 25.0. The van der Waals surface area contributed by atoms with Gasteiger partial charge in [0, 0.05) is 21.5 Å². The van der Waals surface area contributed by atoms with Crippen LogP contribution in [0.4, 0.5) is 17.6 Å². The minimum Gasteiger partial charge on any atom is -0.259 e. The van der Waals surface area contributed by atoms with Gasteiger partial charge >= 0.3 is 6.18 Å². The zero-order valence-corrected chi connectivity index (χ0v) is 21.0. The average molecular weight is 523 g/mol. The molecule has 0 atom stereocenters. The molecule has 5 aromatic rings. The number of nitrogens with zero attached hydrogens (tertiary/aromatic N) is 2. The van der Waals surface area contributed by atoms with E-state index in [-0.39, 0.29) is 22.6 Å². The molecular weight excluding hydrogens is 500 g/mol. The Bertz CT molecular complexity index is 1600. The molecule has 0 unspecified atom stereocenters. The number of hydrogen-bond acceptors (Lipinski definition) is 1. The molecule has 0 spiro atoms. The second kappa shape index (κ2) is 9.67. The molecule has 0 amide bonds. The molecule has 7 heteroatoms. The SMILES string of the molecule is Cc1cc(C)cc(Cc2cccc(-c3c4cccc(C(F)(F)F)c4nn3Cc3ccc(Cl)cc3F)c2)c1. The van der Waals surface area contributed by atoms with E-state index in [2.05, 4.69) is 23.3 Å². The normalized spacial score (nSPS) is 11.9. The van der Waals surface area contributed by atoms with Crippen LogP contribution in [0, 0.1) is 19.7 Å². The summed E-state index contributed by atoms with van der Waals surface area (Å²) in [6, 6.07) is 22.3. The van der Waals surface area contributed by atoms with Gasteiger partial charge in [-0.2, -0.15) is 18.3 Å². The lowest BCUT2D eigenvalue weighted by Gasteiger charge is -2.11. The van der Waals surface area contributed by atoms with Crippen LogP contribution in [0.2, 0.25) is 5.02 Å². The Morgan fingerprint density at radius 3 is 2.27 bits per heavy atom. The summed E-state index contributed by atoms with van der Waals surface area (Å²) in [7, 11) is 0. The highest BCUT2D eigenvalue weighted by molar-refractivity contribution is 6.30. The largest absolute Gasteiger partial charge is 0.418 e. The summed E-state index contributed by atoms with van der Waals surface area (Å²) in [5.74, 6) is -0.544. The average Bonchev–Trinajstić information content (AvgIpc) is 3.17. The van der Waals surface area contributed by atoms with E-state index in [0.29, 0.717) is 23.1 Å². The molecule has 1 heterocycles. The Kier molecular flexibility index (Phi) is 6.54. The fourth-order valence-corrected chi connectivity index (χ4v) is 5.01. The minimum atomic E-state index is -4.58. The monoisotopic (exact) mass is 522 g/mol. The summed E-state index contributed by atoms with van der Waals surface area (Å²) in [6.45, 7) is 4.04. The van der Waals surface area contributed by atoms with Crippen LogP contribution in [0.25, 0.3) is 22.2 Å². The van der Waals surface area contributed by atoms with Crippen molar-refractivity contribution in [1.29, 1.82) is 0 Å². The Labute approximate surface area is 217 Å². The minimum absolute atomic E-state index is 0.0500. The Balaban J connectivity index is 1.66. The molecule has 0 N–H and O–H groups in total. The van der Waals surface area contributed by atoms with E-state index in [1.165, 1.54) is 34.0 Å². The van der Waals surface area contributed by atoms with Crippen molar-refractivity contribution in [3.63, 3.8) is 0 Å². The summed E-state index contributed by atoms with van der Waals surface area (Å²) in [5.41, 5.74) is 4.98. The van der Waals surface area contributed by atoms with E-state index in [1.807, 2.05) is 38.1 Å². The second-order valence-corrected chi connectivity index (χ2v) is 9.75. The van der Waals surface area contributed by atoms with Crippen molar-refractivity contribution in [3.05, 3.63) is 123 Å². The maximum Gasteiger partial charge on any atom is 0.418 e. The number of aryl methyl sites for hydroxylation is 2. The highest BCUT2D eigenvalue weighted by atomic mass is 35.5. The van der Waals surface area contributed by atoms with E-state index in [1.54, 1.807) is 12.1 Å². The molecule has 0 aliphatic rings. The van der Waals surface area contributed by atoms with E-state index in [4.69, 9.17) is 11.6 Å². The third-order valence-corrected chi connectivity index (χ3v) is 6.54. The van der Waals surface area contributed by atoms with Crippen molar-refractivity contribution in [2.24, 2.45) is 0 Å². The van der Waals surface area contributed by atoms with Crippen LogP contribution in [-0.4, -0.2) is 9.78 Å². The number of rotatable bonds is 5. The summed E-state index contributed by atoms with van der Waals surface area (Å²) in [5, 5.41) is 4.94. The standard InChI is InChI=1S/C30H23ClF4N2/c1-18-11-19(2)13-21(12-18)14-20-5-3-6-22(15-20)29-25-7-4-8-26(30(33,34)35)28(25)36-37(29)17-23-9-10-24(31)16-27(23)32/h3-13,15-16H,14,17H2,1-2H3. The molecular formula is C30H23ClF4N2. The fourth-order valence-electron chi connectivity index (χ4n) is 4.85. The highest BCUT2D eigenvalue weighted by Crippen LogP contribution is 2.38. The Morgan fingerprint density at radius 2 is 1.57 bits per heavy atom. The van der Waals surface area contributed by atoms with Crippen LogP contribution in [0.3, 0.4) is 0 Å². The molecule has 0 aliphatic heterocycles. The molecule has 0 saturated carbocycles. The van der Waals surface area contributed by atoms with E-state index < -0.39 is 17.6 Å². The van der Waals surface area contributed by atoms with Gasteiger partial charge in [0.1, 0.15) is 11.3 Å². The molecule has 0 fully saturated rings. The van der Waals surface area contributed by atoms with Crippen LogP contribution >= 0.6 is 11.6 Å². The molecule has 1 aromatic heterocycles. The van der Waals surface area contributed by atoms with Gasteiger partial charge in [0.15, 0.2) is 0 Å². The number of aromatic nitrogens is 2. The van der Waals surface area contributed by atoms with Crippen molar-refractivity contribution in [2.45, 2.75) is 33.0 Å². The maximum atomic E-state index is 14.7. The van der Waals surface area contributed by atoms with Crippen molar-refractivity contribution in [3.8, 4) is 11.3 Å². The lowest BCUT2D eigenvalue weighted by molar-refractivity contribution is -0.136. The quantitative estimate of drug-likeness (QED) is 0.211. The summed E-state index contributed by atoms with van der Waals surface area (Å²) < 4.78 is 57.6. The smallest absolute Gasteiger partial charge is 0.259 e. The molecule has 0 bridgehead atoms. The molecule has 188 valence electrons. The van der Waals surface area contributed by atoms with Gasteiger partial charge in [-0.15, -0.1) is 0 Å². The van der Waals surface area contributed by atoms with Gasteiger partial charge in [-0.3, -0.25) is 4.68 Å². The third-order valence-electron chi connectivity index (χ3n) is 6.30. The van der Waals surface area contributed by atoms with Crippen molar-refractivity contribution in [1.82, 2.24) is 9.78 Å². The van der Waals surface area contributed by atoms with Gasteiger partial charge in [-0.25, -0.2) is 4.39 Å². The lowest BCUT2D eigenvalue weighted by atomic mass is 9.97. The van der Waals surface area contributed by atoms with Gasteiger partial charge in [-0.05, 0) is 55.7 Å². The Morgan fingerprint density at radius 1 is 0.838 bits per heavy atom. The molecule has 5 rings (SSSR count). The topological polar surface area (TPSA) is 17.8 Å². The van der Waals surface area contributed by atoms with Crippen LogP contribution in [0.15, 0.2) is 78.9 Å². The first-order chi connectivity index (χ1) is 17.6.